The Balaban J connectivity index is 2.39. The van der Waals surface area contributed by atoms with Crippen LogP contribution < -0.4 is 5.73 Å². The Hall–Kier alpha value is -0.150. The van der Waals surface area contributed by atoms with Crippen LogP contribution in [0.25, 0.3) is 0 Å². The molecule has 21 heavy (non-hydrogen) atoms. The summed E-state index contributed by atoms with van der Waals surface area (Å²) in [4.78, 5) is 0.120. The van der Waals surface area contributed by atoms with Gasteiger partial charge in [0.15, 0.2) is 0 Å². The summed E-state index contributed by atoms with van der Waals surface area (Å²) in [5, 5.41) is 0. The van der Waals surface area contributed by atoms with E-state index in [1.165, 1.54) is 4.31 Å². The second-order valence-corrected chi connectivity index (χ2v) is 8.85. The number of ether oxygens (including phenoxy) is 1. The molecule has 0 bridgehead atoms. The SMILES string of the molecule is COC1CN(S(=O)(=O)c2c(N)cc(Br)cc2Br)CCC1C. The zero-order valence-electron chi connectivity index (χ0n) is 11.8. The molecule has 1 saturated heterocycles. The lowest BCUT2D eigenvalue weighted by Gasteiger charge is -2.35. The average Bonchev–Trinajstić information content (AvgIpc) is 2.37. The Kier molecular flexibility index (Phi) is 5.36. The third-order valence-corrected chi connectivity index (χ3v) is 7.12. The molecule has 0 amide bonds. The lowest BCUT2D eigenvalue weighted by atomic mass is 9.97. The smallest absolute Gasteiger partial charge is 0.246 e. The Bertz CT molecular complexity index is 613. The molecule has 0 saturated carbocycles. The highest BCUT2D eigenvalue weighted by molar-refractivity contribution is 9.11. The molecule has 5 nitrogen and oxygen atoms in total. The van der Waals surface area contributed by atoms with Crippen molar-refractivity contribution in [3.8, 4) is 0 Å². The van der Waals surface area contributed by atoms with E-state index in [0.717, 1.165) is 10.9 Å². The van der Waals surface area contributed by atoms with Crippen molar-refractivity contribution in [1.29, 1.82) is 0 Å². The number of nitrogens with zero attached hydrogens (tertiary/aromatic N) is 1. The van der Waals surface area contributed by atoms with Crippen LogP contribution in [0, 0.1) is 5.92 Å². The fraction of sp³-hybridized carbons (Fsp3) is 0.538. The minimum atomic E-state index is -3.65. The molecule has 0 radical (unpaired) electrons. The maximum Gasteiger partial charge on any atom is 0.246 e. The van der Waals surface area contributed by atoms with Gasteiger partial charge in [-0.3, -0.25) is 0 Å². The summed E-state index contributed by atoms with van der Waals surface area (Å²) < 4.78 is 33.7. The van der Waals surface area contributed by atoms with Crippen molar-refractivity contribution in [2.24, 2.45) is 5.92 Å². The summed E-state index contributed by atoms with van der Waals surface area (Å²) in [5.74, 6) is 0.340. The first-order valence-electron chi connectivity index (χ1n) is 6.54. The Labute approximate surface area is 142 Å². The highest BCUT2D eigenvalue weighted by Crippen LogP contribution is 2.35. The van der Waals surface area contributed by atoms with E-state index in [1.54, 1.807) is 19.2 Å². The van der Waals surface area contributed by atoms with E-state index in [4.69, 9.17) is 10.5 Å². The van der Waals surface area contributed by atoms with Crippen molar-refractivity contribution >= 4 is 47.6 Å². The van der Waals surface area contributed by atoms with E-state index in [9.17, 15) is 8.42 Å². The zero-order chi connectivity index (χ0) is 15.8. The molecular weight excluding hydrogens is 424 g/mol. The van der Waals surface area contributed by atoms with Gasteiger partial charge in [0.1, 0.15) is 4.90 Å². The largest absolute Gasteiger partial charge is 0.398 e. The summed E-state index contributed by atoms with van der Waals surface area (Å²) in [7, 11) is -2.03. The fourth-order valence-corrected chi connectivity index (χ4v) is 5.99. The van der Waals surface area contributed by atoms with E-state index in [-0.39, 0.29) is 16.7 Å². The Morgan fingerprint density at radius 1 is 1.38 bits per heavy atom. The summed E-state index contributed by atoms with van der Waals surface area (Å²) in [6.07, 6.45) is 0.676. The maximum absolute atomic E-state index is 12.9. The van der Waals surface area contributed by atoms with Gasteiger partial charge in [-0.25, -0.2) is 8.42 Å². The number of rotatable bonds is 3. The van der Waals surface area contributed by atoms with Crippen molar-refractivity contribution in [1.82, 2.24) is 4.31 Å². The van der Waals surface area contributed by atoms with E-state index < -0.39 is 10.0 Å². The monoisotopic (exact) mass is 440 g/mol. The van der Waals surface area contributed by atoms with Gasteiger partial charge in [0.25, 0.3) is 0 Å². The first-order valence-corrected chi connectivity index (χ1v) is 9.57. The minimum Gasteiger partial charge on any atom is -0.398 e. The number of piperidine rings is 1. The number of nitrogen functional groups attached to an aromatic ring is 1. The predicted octanol–water partition coefficient (Wildman–Crippen LogP) is 2.84. The lowest BCUT2D eigenvalue weighted by Crippen LogP contribution is -2.46. The van der Waals surface area contributed by atoms with Gasteiger partial charge in [0.2, 0.25) is 10.0 Å². The van der Waals surface area contributed by atoms with Gasteiger partial charge >= 0.3 is 0 Å². The van der Waals surface area contributed by atoms with Crippen molar-refractivity contribution < 1.29 is 13.2 Å². The zero-order valence-corrected chi connectivity index (χ0v) is 15.8. The molecule has 0 aromatic heterocycles. The van der Waals surface area contributed by atoms with E-state index in [0.29, 0.717) is 23.5 Å². The van der Waals surface area contributed by atoms with Crippen LogP contribution in [0.15, 0.2) is 26.0 Å². The molecule has 1 aromatic carbocycles. The molecule has 0 spiro atoms. The minimum absolute atomic E-state index is 0.0935. The first kappa shape index (κ1) is 17.2. The summed E-state index contributed by atoms with van der Waals surface area (Å²) in [6.45, 7) is 2.90. The molecule has 2 rings (SSSR count). The molecule has 1 fully saturated rings. The van der Waals surface area contributed by atoms with Gasteiger partial charge in [-0.1, -0.05) is 22.9 Å². The first-order chi connectivity index (χ1) is 9.77. The predicted molar refractivity (Wildman–Crippen MR) is 89.6 cm³/mol. The molecule has 1 aromatic rings. The molecule has 8 heteroatoms. The second-order valence-electron chi connectivity index (χ2n) is 5.21. The van der Waals surface area contributed by atoms with Crippen LogP contribution in [-0.2, 0) is 14.8 Å². The number of sulfonamides is 1. The van der Waals surface area contributed by atoms with Gasteiger partial charge in [-0.05, 0) is 40.4 Å². The molecular formula is C13H18Br2N2O3S. The molecule has 2 unspecified atom stereocenters. The van der Waals surface area contributed by atoms with Crippen LogP contribution in [0.4, 0.5) is 5.69 Å². The van der Waals surface area contributed by atoms with E-state index >= 15 is 0 Å². The Morgan fingerprint density at radius 3 is 2.62 bits per heavy atom. The quantitative estimate of drug-likeness (QED) is 0.732. The van der Waals surface area contributed by atoms with Crippen molar-refractivity contribution in [2.45, 2.75) is 24.3 Å². The molecule has 2 atom stereocenters. The van der Waals surface area contributed by atoms with Crippen LogP contribution >= 0.6 is 31.9 Å². The number of nitrogens with two attached hydrogens (primary N) is 1. The topological polar surface area (TPSA) is 72.6 Å². The number of halogens is 2. The molecule has 0 aliphatic carbocycles. The van der Waals surface area contributed by atoms with Gasteiger partial charge in [0, 0.05) is 29.1 Å². The highest BCUT2D eigenvalue weighted by Gasteiger charge is 2.35. The number of anilines is 1. The van der Waals surface area contributed by atoms with Crippen LogP contribution in [0.3, 0.4) is 0 Å². The maximum atomic E-state index is 12.9. The van der Waals surface area contributed by atoms with Gasteiger partial charge in [-0.15, -0.1) is 0 Å². The lowest BCUT2D eigenvalue weighted by molar-refractivity contribution is 0.0184. The normalized spacial score (nSPS) is 24.2. The number of benzene rings is 1. The highest BCUT2D eigenvalue weighted by atomic mass is 79.9. The third kappa shape index (κ3) is 3.44. The molecule has 1 aliphatic heterocycles. The van der Waals surface area contributed by atoms with Crippen LogP contribution in [0.2, 0.25) is 0 Å². The van der Waals surface area contributed by atoms with E-state index in [1.807, 2.05) is 0 Å². The van der Waals surface area contributed by atoms with Gasteiger partial charge in [0.05, 0.1) is 11.8 Å². The van der Waals surface area contributed by atoms with Crippen LogP contribution in [-0.4, -0.2) is 39.0 Å². The standard InChI is InChI=1S/C13H18Br2N2O3S/c1-8-3-4-17(7-12(8)20-2)21(18,19)13-10(15)5-9(14)6-11(13)16/h5-6,8,12H,3-4,7,16H2,1-2H3. The number of methoxy groups -OCH3 is 1. The van der Waals surface area contributed by atoms with Crippen LogP contribution in [0.5, 0.6) is 0 Å². The fourth-order valence-electron chi connectivity index (χ4n) is 2.51. The van der Waals surface area contributed by atoms with Crippen LogP contribution in [0.1, 0.15) is 13.3 Å². The number of hydrogen-bond donors (Lipinski definition) is 1. The van der Waals surface area contributed by atoms with Gasteiger partial charge < -0.3 is 10.5 Å². The Morgan fingerprint density at radius 2 is 2.05 bits per heavy atom. The average molecular weight is 442 g/mol. The molecule has 118 valence electrons. The van der Waals surface area contributed by atoms with Crippen molar-refractivity contribution in [2.75, 3.05) is 25.9 Å². The summed E-state index contributed by atoms with van der Waals surface area (Å²) >= 11 is 6.60. The summed E-state index contributed by atoms with van der Waals surface area (Å²) in [5.41, 5.74) is 6.14. The van der Waals surface area contributed by atoms with Gasteiger partial charge in [-0.2, -0.15) is 4.31 Å². The van der Waals surface area contributed by atoms with Crippen molar-refractivity contribution in [3.05, 3.63) is 21.1 Å². The third-order valence-electron chi connectivity index (χ3n) is 3.79. The molecule has 2 N–H and O–H groups in total. The number of hydrogen-bond acceptors (Lipinski definition) is 4. The van der Waals surface area contributed by atoms with E-state index in [2.05, 4.69) is 38.8 Å². The summed E-state index contributed by atoms with van der Waals surface area (Å²) in [6, 6.07) is 3.28. The molecule has 1 heterocycles. The second kappa shape index (κ2) is 6.54. The molecule has 1 aliphatic rings. The van der Waals surface area contributed by atoms with Crippen molar-refractivity contribution in [3.63, 3.8) is 0 Å².